The molecule has 5 nitrogen and oxygen atoms in total. The average Bonchev–Trinajstić information content (AvgIpc) is 2.85. The Morgan fingerprint density at radius 1 is 1.00 bits per heavy atom. The fraction of sp³-hybridized carbons (Fsp3) is 0.300. The van der Waals surface area contributed by atoms with E-state index < -0.39 is 0 Å². The van der Waals surface area contributed by atoms with Crippen LogP contribution in [0.3, 0.4) is 0 Å². The lowest BCUT2D eigenvalue weighted by Crippen LogP contribution is -2.32. The van der Waals surface area contributed by atoms with Gasteiger partial charge in [0, 0.05) is 34.4 Å². The van der Waals surface area contributed by atoms with Gasteiger partial charge >= 0.3 is 0 Å². The van der Waals surface area contributed by atoms with Crippen LogP contribution in [0.15, 0.2) is 36.4 Å². The van der Waals surface area contributed by atoms with Crippen LogP contribution >= 0.6 is 23.2 Å². The van der Waals surface area contributed by atoms with Crippen LogP contribution in [0.1, 0.15) is 32.7 Å². The second kappa shape index (κ2) is 8.30. The predicted octanol–water partition coefficient (Wildman–Crippen LogP) is 4.15. The largest absolute Gasteiger partial charge is 0.381 e. The van der Waals surface area contributed by atoms with Gasteiger partial charge < -0.3 is 10.2 Å². The number of imide groups is 1. The summed E-state index contributed by atoms with van der Waals surface area (Å²) in [5.41, 5.74) is 2.40. The van der Waals surface area contributed by atoms with Gasteiger partial charge in [0.1, 0.15) is 0 Å². The van der Waals surface area contributed by atoms with Gasteiger partial charge in [-0.2, -0.15) is 0 Å². The zero-order valence-electron chi connectivity index (χ0n) is 15.3. The monoisotopic (exact) mass is 405 g/mol. The quantitative estimate of drug-likeness (QED) is 0.702. The van der Waals surface area contributed by atoms with Crippen LogP contribution in [0.4, 0.5) is 5.69 Å². The van der Waals surface area contributed by atoms with E-state index in [9.17, 15) is 9.59 Å². The molecule has 2 aromatic carbocycles. The number of halogens is 2. The van der Waals surface area contributed by atoms with Gasteiger partial charge in [0.25, 0.3) is 11.8 Å². The molecule has 0 unspecified atom stereocenters. The van der Waals surface area contributed by atoms with Crippen LogP contribution in [0.25, 0.3) is 0 Å². The zero-order valence-corrected chi connectivity index (χ0v) is 16.8. The highest BCUT2D eigenvalue weighted by molar-refractivity contribution is 6.36. The van der Waals surface area contributed by atoms with Crippen molar-refractivity contribution < 1.29 is 9.59 Å². The van der Waals surface area contributed by atoms with Gasteiger partial charge in [-0.15, -0.1) is 0 Å². The van der Waals surface area contributed by atoms with Crippen molar-refractivity contribution in [2.75, 3.05) is 32.5 Å². The van der Waals surface area contributed by atoms with Crippen LogP contribution in [-0.2, 0) is 6.54 Å². The molecular formula is C20H21Cl2N3O2. The second-order valence-corrected chi connectivity index (χ2v) is 7.55. The summed E-state index contributed by atoms with van der Waals surface area (Å²) in [4.78, 5) is 28.5. The van der Waals surface area contributed by atoms with E-state index in [-0.39, 0.29) is 11.8 Å². The fourth-order valence-electron chi connectivity index (χ4n) is 3.04. The van der Waals surface area contributed by atoms with Gasteiger partial charge in [-0.3, -0.25) is 14.5 Å². The molecule has 0 fully saturated rings. The lowest BCUT2D eigenvalue weighted by Gasteiger charge is -2.15. The minimum absolute atomic E-state index is 0.227. The van der Waals surface area contributed by atoms with Gasteiger partial charge in [0.15, 0.2) is 0 Å². The van der Waals surface area contributed by atoms with Crippen molar-refractivity contribution in [2.45, 2.75) is 13.0 Å². The molecule has 1 N–H and O–H groups in total. The molecule has 1 heterocycles. The third-order valence-electron chi connectivity index (χ3n) is 4.49. The van der Waals surface area contributed by atoms with Crippen molar-refractivity contribution >= 4 is 40.7 Å². The molecule has 3 rings (SSSR count). The van der Waals surface area contributed by atoms with Gasteiger partial charge in [-0.1, -0.05) is 29.3 Å². The lowest BCUT2D eigenvalue weighted by atomic mass is 10.1. The highest BCUT2D eigenvalue weighted by atomic mass is 35.5. The number of carbonyl (C=O) groups is 2. The Kier molecular flexibility index (Phi) is 6.05. The molecule has 0 bridgehead atoms. The number of fused-ring (bicyclic) bond motifs is 1. The van der Waals surface area contributed by atoms with E-state index in [2.05, 4.69) is 5.32 Å². The minimum Gasteiger partial charge on any atom is -0.381 e. The third kappa shape index (κ3) is 4.26. The normalized spacial score (nSPS) is 13.4. The summed E-state index contributed by atoms with van der Waals surface area (Å²) in [6, 6.07) is 10.5. The van der Waals surface area contributed by atoms with Crippen LogP contribution < -0.4 is 5.32 Å². The minimum atomic E-state index is -0.242. The van der Waals surface area contributed by atoms with Gasteiger partial charge in [0.2, 0.25) is 0 Å². The number of carbonyl (C=O) groups excluding carboxylic acids is 2. The molecular weight excluding hydrogens is 385 g/mol. The summed E-state index contributed by atoms with van der Waals surface area (Å²) in [5, 5.41) is 4.38. The van der Waals surface area contributed by atoms with Crippen molar-refractivity contribution in [3.63, 3.8) is 0 Å². The Morgan fingerprint density at radius 3 is 2.33 bits per heavy atom. The number of amides is 2. The van der Waals surface area contributed by atoms with Crippen LogP contribution in [0.2, 0.25) is 10.0 Å². The van der Waals surface area contributed by atoms with E-state index in [1.807, 2.05) is 19.0 Å². The van der Waals surface area contributed by atoms with E-state index in [1.54, 1.807) is 36.4 Å². The predicted molar refractivity (Wildman–Crippen MR) is 109 cm³/mol. The van der Waals surface area contributed by atoms with E-state index >= 15 is 0 Å². The van der Waals surface area contributed by atoms with Crippen LogP contribution in [-0.4, -0.2) is 48.8 Å². The lowest BCUT2D eigenvalue weighted by molar-refractivity contribution is 0.0649. The summed E-state index contributed by atoms with van der Waals surface area (Å²) in [6.07, 6.45) is 0.745. The van der Waals surface area contributed by atoms with Crippen LogP contribution in [0, 0.1) is 0 Å². The topological polar surface area (TPSA) is 52.6 Å². The molecule has 27 heavy (non-hydrogen) atoms. The summed E-state index contributed by atoms with van der Waals surface area (Å²) < 4.78 is 0. The van der Waals surface area contributed by atoms with E-state index in [4.69, 9.17) is 23.2 Å². The number of hydrogen-bond donors (Lipinski definition) is 1. The molecule has 0 atom stereocenters. The molecule has 2 amide bonds. The molecule has 142 valence electrons. The first-order valence-corrected chi connectivity index (χ1v) is 9.46. The van der Waals surface area contributed by atoms with Crippen molar-refractivity contribution in [1.29, 1.82) is 0 Å². The highest BCUT2D eigenvalue weighted by Crippen LogP contribution is 2.28. The smallest absolute Gasteiger partial charge is 0.261 e. The molecule has 1 aliphatic heterocycles. The van der Waals surface area contributed by atoms with E-state index in [0.717, 1.165) is 24.2 Å². The Balaban J connectivity index is 1.72. The highest BCUT2D eigenvalue weighted by Gasteiger charge is 2.35. The molecule has 7 heteroatoms. The molecule has 2 aromatic rings. The Hall–Kier alpha value is -2.08. The molecule has 0 radical (unpaired) electrons. The molecule has 1 aliphatic rings. The first kappa shape index (κ1) is 19.7. The second-order valence-electron chi connectivity index (χ2n) is 6.73. The molecule has 0 saturated carbocycles. The Morgan fingerprint density at radius 2 is 1.67 bits per heavy atom. The molecule has 0 aliphatic carbocycles. The fourth-order valence-corrected chi connectivity index (χ4v) is 3.57. The first-order chi connectivity index (χ1) is 12.9. The average molecular weight is 406 g/mol. The Bertz CT molecular complexity index is 863. The van der Waals surface area contributed by atoms with E-state index in [0.29, 0.717) is 34.3 Å². The van der Waals surface area contributed by atoms with Crippen molar-refractivity contribution in [1.82, 2.24) is 9.80 Å². The van der Waals surface area contributed by atoms with Gasteiger partial charge in [-0.25, -0.2) is 0 Å². The number of benzene rings is 2. The molecule has 0 aromatic heterocycles. The summed E-state index contributed by atoms with van der Waals surface area (Å²) >= 11 is 12.4. The molecule has 0 spiro atoms. The number of nitrogens with one attached hydrogen (secondary N) is 1. The number of hydrogen-bond acceptors (Lipinski definition) is 4. The van der Waals surface area contributed by atoms with Crippen molar-refractivity contribution in [3.05, 3.63) is 63.1 Å². The molecule has 0 saturated heterocycles. The summed E-state index contributed by atoms with van der Waals surface area (Å²) in [7, 11) is 3.93. The van der Waals surface area contributed by atoms with Crippen LogP contribution in [0.5, 0.6) is 0 Å². The van der Waals surface area contributed by atoms with Gasteiger partial charge in [-0.05, 0) is 57.4 Å². The van der Waals surface area contributed by atoms with Crippen molar-refractivity contribution in [2.24, 2.45) is 0 Å². The number of rotatable bonds is 7. The standard InChI is InChI=1S/C20H21Cl2N3O2/c1-24(2)9-4-10-25-19(26)14-8-7-13(11-15(14)20(25)27)23-12-16-17(21)5-3-6-18(16)22/h3,5-8,11,23H,4,9-10,12H2,1-2H3. The maximum absolute atomic E-state index is 12.6. The number of anilines is 1. The maximum Gasteiger partial charge on any atom is 0.261 e. The number of nitrogens with zero attached hydrogens (tertiary/aromatic N) is 2. The van der Waals surface area contributed by atoms with E-state index in [1.165, 1.54) is 4.90 Å². The third-order valence-corrected chi connectivity index (χ3v) is 5.20. The van der Waals surface area contributed by atoms with Gasteiger partial charge in [0.05, 0.1) is 11.1 Å². The Labute approximate surface area is 168 Å². The van der Waals surface area contributed by atoms with Crippen molar-refractivity contribution in [3.8, 4) is 0 Å². The summed E-state index contributed by atoms with van der Waals surface area (Å²) in [5.74, 6) is -0.470. The zero-order chi connectivity index (χ0) is 19.6. The summed E-state index contributed by atoms with van der Waals surface area (Å²) in [6.45, 7) is 1.66. The maximum atomic E-state index is 12.6. The first-order valence-electron chi connectivity index (χ1n) is 8.70. The SMILES string of the molecule is CN(C)CCCN1C(=O)c2ccc(NCc3c(Cl)cccc3Cl)cc2C1=O.